The normalized spacial score (nSPS) is 15.5. The van der Waals surface area contributed by atoms with Gasteiger partial charge < -0.3 is 9.80 Å². The standard InChI is InChI=1S/C26H28FN5OS/c1-3-22(19-8-5-4-6-9-19)25(33)30-14-7-15-31(17-16-30)26-28-24-23(34-26)18(2)29-32(24)21-12-10-20(27)11-13-21/h4-6,8-13,22H,3,7,14-17H2,1-2H3/t22-/m0/s1. The molecule has 0 radical (unpaired) electrons. The smallest absolute Gasteiger partial charge is 0.230 e. The summed E-state index contributed by atoms with van der Waals surface area (Å²) in [6.45, 7) is 7.09. The lowest BCUT2D eigenvalue weighted by atomic mass is 9.95. The van der Waals surface area contributed by atoms with Crippen LogP contribution in [0.1, 0.15) is 36.9 Å². The van der Waals surface area contributed by atoms with E-state index < -0.39 is 0 Å². The molecule has 2 aromatic heterocycles. The molecule has 4 aromatic rings. The Hall–Kier alpha value is -3.26. The zero-order valence-corrected chi connectivity index (χ0v) is 20.3. The van der Waals surface area contributed by atoms with E-state index in [0.29, 0.717) is 6.54 Å². The summed E-state index contributed by atoms with van der Waals surface area (Å²) in [6, 6.07) is 16.4. The summed E-state index contributed by atoms with van der Waals surface area (Å²) < 4.78 is 16.2. The lowest BCUT2D eigenvalue weighted by Crippen LogP contribution is -2.38. The molecule has 0 bridgehead atoms. The van der Waals surface area contributed by atoms with Gasteiger partial charge in [0.05, 0.1) is 22.0 Å². The third kappa shape index (κ3) is 4.30. The molecule has 0 spiro atoms. The number of benzene rings is 2. The van der Waals surface area contributed by atoms with Gasteiger partial charge in [0.1, 0.15) is 5.82 Å². The van der Waals surface area contributed by atoms with Crippen molar-refractivity contribution in [2.45, 2.75) is 32.6 Å². The van der Waals surface area contributed by atoms with Crippen molar-refractivity contribution in [3.8, 4) is 5.69 Å². The molecule has 5 rings (SSSR count). The number of thiazole rings is 1. The van der Waals surface area contributed by atoms with Gasteiger partial charge in [-0.25, -0.2) is 9.07 Å². The number of fused-ring (bicyclic) bond motifs is 1. The quantitative estimate of drug-likeness (QED) is 0.398. The highest BCUT2D eigenvalue weighted by Gasteiger charge is 2.27. The molecule has 8 heteroatoms. The van der Waals surface area contributed by atoms with Crippen LogP contribution in [0.4, 0.5) is 9.52 Å². The molecule has 6 nitrogen and oxygen atoms in total. The van der Waals surface area contributed by atoms with E-state index in [1.165, 1.54) is 12.1 Å². The number of rotatable bonds is 5. The van der Waals surface area contributed by atoms with Gasteiger partial charge in [-0.05, 0) is 49.6 Å². The molecular formula is C26H28FN5OS. The van der Waals surface area contributed by atoms with Gasteiger partial charge in [0.25, 0.3) is 0 Å². The average molecular weight is 478 g/mol. The highest BCUT2D eigenvalue weighted by atomic mass is 32.1. The zero-order chi connectivity index (χ0) is 23.7. The highest BCUT2D eigenvalue weighted by molar-refractivity contribution is 7.22. The number of hydrogen-bond acceptors (Lipinski definition) is 5. The van der Waals surface area contributed by atoms with Gasteiger partial charge in [-0.1, -0.05) is 48.6 Å². The predicted octanol–water partition coefficient (Wildman–Crippen LogP) is 5.16. The Kier molecular flexibility index (Phi) is 6.32. The fraction of sp³-hybridized carbons (Fsp3) is 0.346. The maximum absolute atomic E-state index is 13.4. The number of hydrogen-bond donors (Lipinski definition) is 0. The maximum Gasteiger partial charge on any atom is 0.230 e. The van der Waals surface area contributed by atoms with Crippen LogP contribution in [0.2, 0.25) is 0 Å². The molecule has 1 amide bonds. The second-order valence-corrected chi connectivity index (χ2v) is 9.64. The van der Waals surface area contributed by atoms with Crippen molar-refractivity contribution >= 4 is 32.7 Å². The summed E-state index contributed by atoms with van der Waals surface area (Å²) in [4.78, 5) is 22.6. The van der Waals surface area contributed by atoms with Crippen LogP contribution < -0.4 is 4.90 Å². The molecule has 1 atom stereocenters. The first-order valence-electron chi connectivity index (χ1n) is 11.8. The SMILES string of the molecule is CC[C@H](C(=O)N1CCCN(c2nc3c(s2)c(C)nn3-c2ccc(F)cc2)CC1)c1ccccc1. The summed E-state index contributed by atoms with van der Waals surface area (Å²) in [7, 11) is 0. The van der Waals surface area contributed by atoms with E-state index in [0.717, 1.165) is 64.9 Å². The minimum Gasteiger partial charge on any atom is -0.346 e. The summed E-state index contributed by atoms with van der Waals surface area (Å²) in [5.41, 5.74) is 3.57. The first-order valence-corrected chi connectivity index (χ1v) is 12.6. The maximum atomic E-state index is 13.4. The molecule has 0 saturated carbocycles. The minimum atomic E-state index is -0.274. The molecule has 3 heterocycles. The second kappa shape index (κ2) is 9.54. The largest absolute Gasteiger partial charge is 0.346 e. The van der Waals surface area contributed by atoms with Gasteiger partial charge in [0.15, 0.2) is 10.8 Å². The summed E-state index contributed by atoms with van der Waals surface area (Å²) in [5, 5.41) is 5.56. The molecule has 0 aliphatic carbocycles. The molecule has 1 fully saturated rings. The number of carbonyl (C=O) groups is 1. The van der Waals surface area contributed by atoms with Crippen molar-refractivity contribution in [1.82, 2.24) is 19.7 Å². The van der Waals surface area contributed by atoms with Crippen LogP contribution >= 0.6 is 11.3 Å². The van der Waals surface area contributed by atoms with Crippen LogP contribution in [0.3, 0.4) is 0 Å². The first kappa shape index (κ1) is 22.5. The van der Waals surface area contributed by atoms with Gasteiger partial charge in [0, 0.05) is 26.2 Å². The zero-order valence-electron chi connectivity index (χ0n) is 19.4. The van der Waals surface area contributed by atoms with Crippen LogP contribution in [0.15, 0.2) is 54.6 Å². The van der Waals surface area contributed by atoms with Gasteiger partial charge in [-0.3, -0.25) is 4.79 Å². The second-order valence-electron chi connectivity index (χ2n) is 8.66. The minimum absolute atomic E-state index is 0.0976. The van der Waals surface area contributed by atoms with Gasteiger partial charge in [-0.15, -0.1) is 0 Å². The topological polar surface area (TPSA) is 54.3 Å². The molecule has 0 N–H and O–H groups in total. The molecule has 0 unspecified atom stereocenters. The van der Waals surface area contributed by atoms with Crippen molar-refractivity contribution in [3.63, 3.8) is 0 Å². The summed E-state index contributed by atoms with van der Waals surface area (Å²) in [6.07, 6.45) is 1.69. The van der Waals surface area contributed by atoms with E-state index in [1.807, 2.05) is 42.2 Å². The van der Waals surface area contributed by atoms with Crippen LogP contribution in [-0.2, 0) is 4.79 Å². The van der Waals surface area contributed by atoms with Gasteiger partial charge in [0.2, 0.25) is 5.91 Å². The number of carbonyl (C=O) groups excluding carboxylic acids is 1. The summed E-state index contributed by atoms with van der Waals surface area (Å²) in [5.74, 6) is -0.161. The molecule has 2 aromatic carbocycles. The van der Waals surface area contributed by atoms with Crippen molar-refractivity contribution < 1.29 is 9.18 Å². The first-order chi connectivity index (χ1) is 16.5. The predicted molar refractivity (Wildman–Crippen MR) is 134 cm³/mol. The fourth-order valence-corrected chi connectivity index (χ4v) is 5.65. The lowest BCUT2D eigenvalue weighted by molar-refractivity contribution is -0.132. The van der Waals surface area contributed by atoms with Gasteiger partial charge in [-0.2, -0.15) is 10.1 Å². The summed E-state index contributed by atoms with van der Waals surface area (Å²) >= 11 is 1.63. The number of aryl methyl sites for hydroxylation is 1. The molecule has 1 saturated heterocycles. The number of halogens is 1. The van der Waals surface area contributed by atoms with E-state index >= 15 is 0 Å². The Labute approximate surface area is 202 Å². The number of amides is 1. The molecule has 176 valence electrons. The number of aromatic nitrogens is 3. The van der Waals surface area contributed by atoms with Crippen molar-refractivity contribution in [2.24, 2.45) is 0 Å². The Bertz CT molecular complexity index is 1280. The van der Waals surface area contributed by atoms with Crippen LogP contribution in [0.5, 0.6) is 0 Å². The highest BCUT2D eigenvalue weighted by Crippen LogP contribution is 2.33. The third-order valence-electron chi connectivity index (χ3n) is 6.43. The van der Waals surface area contributed by atoms with Crippen LogP contribution in [0, 0.1) is 12.7 Å². The van der Waals surface area contributed by atoms with E-state index in [2.05, 4.69) is 16.9 Å². The van der Waals surface area contributed by atoms with Crippen LogP contribution in [-0.4, -0.2) is 51.8 Å². The number of anilines is 1. The van der Waals surface area contributed by atoms with Crippen molar-refractivity contribution in [1.29, 1.82) is 0 Å². The van der Waals surface area contributed by atoms with Crippen LogP contribution in [0.25, 0.3) is 16.0 Å². The molecule has 1 aliphatic heterocycles. The Balaban J connectivity index is 1.35. The van der Waals surface area contributed by atoms with E-state index in [-0.39, 0.29) is 17.6 Å². The van der Waals surface area contributed by atoms with Crippen molar-refractivity contribution in [2.75, 3.05) is 31.1 Å². The van der Waals surface area contributed by atoms with Crippen molar-refractivity contribution in [3.05, 3.63) is 71.7 Å². The average Bonchev–Trinajstić information content (AvgIpc) is 3.31. The monoisotopic (exact) mass is 477 g/mol. The van der Waals surface area contributed by atoms with E-state index in [4.69, 9.17) is 4.98 Å². The van der Waals surface area contributed by atoms with E-state index in [9.17, 15) is 9.18 Å². The third-order valence-corrected chi connectivity index (χ3v) is 7.65. The molecule has 1 aliphatic rings. The molecule has 34 heavy (non-hydrogen) atoms. The van der Waals surface area contributed by atoms with Gasteiger partial charge >= 0.3 is 0 Å². The Morgan fingerprint density at radius 2 is 1.82 bits per heavy atom. The number of nitrogens with zero attached hydrogens (tertiary/aromatic N) is 5. The fourth-order valence-electron chi connectivity index (χ4n) is 4.61. The Morgan fingerprint density at radius 1 is 1.06 bits per heavy atom. The molecular weight excluding hydrogens is 449 g/mol. The lowest BCUT2D eigenvalue weighted by Gasteiger charge is -2.26. The van der Waals surface area contributed by atoms with E-state index in [1.54, 1.807) is 28.2 Å². The Morgan fingerprint density at radius 3 is 2.56 bits per heavy atom.